The minimum absolute atomic E-state index is 0.811. The second kappa shape index (κ2) is 2.74. The number of hydrogen-bond donors (Lipinski definition) is 0. The number of hydrogen-bond acceptors (Lipinski definition) is 1. The fourth-order valence-corrected chi connectivity index (χ4v) is 0.803. The average Bonchev–Trinajstić information content (AvgIpc) is 1.88. The first-order valence-corrected chi connectivity index (χ1v) is 3.23. The fraction of sp³-hybridized carbons (Fsp3) is 0.222. The van der Waals surface area contributed by atoms with E-state index in [0.717, 1.165) is 11.3 Å². The summed E-state index contributed by atoms with van der Waals surface area (Å²) < 4.78 is 0. The SMILES string of the molecule is [CH]c1cccc(N(C)C)c1. The zero-order chi connectivity index (χ0) is 7.56. The van der Waals surface area contributed by atoms with E-state index in [0.29, 0.717) is 0 Å². The van der Waals surface area contributed by atoms with Crippen molar-refractivity contribution in [2.75, 3.05) is 19.0 Å². The largest absolute Gasteiger partial charge is 0.378 e. The molecule has 0 unspecified atom stereocenters. The van der Waals surface area contributed by atoms with E-state index in [1.165, 1.54) is 0 Å². The molecule has 0 aliphatic rings. The van der Waals surface area contributed by atoms with E-state index in [4.69, 9.17) is 6.92 Å². The minimum atomic E-state index is 0.811. The van der Waals surface area contributed by atoms with Gasteiger partial charge in [-0.05, 0) is 24.6 Å². The van der Waals surface area contributed by atoms with Gasteiger partial charge in [-0.15, -0.1) is 0 Å². The highest BCUT2D eigenvalue weighted by Crippen LogP contribution is 2.11. The highest BCUT2D eigenvalue weighted by Gasteiger charge is 1.91. The molecular formula is C9H11N. The zero-order valence-corrected chi connectivity index (χ0v) is 6.33. The molecule has 0 saturated heterocycles. The van der Waals surface area contributed by atoms with Crippen LogP contribution in [0.5, 0.6) is 0 Å². The van der Waals surface area contributed by atoms with Crippen molar-refractivity contribution in [1.82, 2.24) is 0 Å². The first-order chi connectivity index (χ1) is 4.70. The molecule has 2 radical (unpaired) electrons. The average molecular weight is 133 g/mol. The Morgan fingerprint density at radius 2 is 2.00 bits per heavy atom. The van der Waals surface area contributed by atoms with Gasteiger partial charge < -0.3 is 4.90 Å². The van der Waals surface area contributed by atoms with Gasteiger partial charge in [-0.3, -0.25) is 0 Å². The van der Waals surface area contributed by atoms with Gasteiger partial charge in [0.05, 0.1) is 0 Å². The smallest absolute Gasteiger partial charge is 0.0363 e. The first-order valence-electron chi connectivity index (χ1n) is 3.23. The van der Waals surface area contributed by atoms with Crippen molar-refractivity contribution in [2.45, 2.75) is 0 Å². The van der Waals surface area contributed by atoms with Gasteiger partial charge in [0.2, 0.25) is 0 Å². The maximum atomic E-state index is 5.57. The lowest BCUT2D eigenvalue weighted by Crippen LogP contribution is -2.08. The van der Waals surface area contributed by atoms with Crippen molar-refractivity contribution < 1.29 is 0 Å². The molecule has 52 valence electrons. The van der Waals surface area contributed by atoms with Crippen LogP contribution in [-0.2, 0) is 0 Å². The van der Waals surface area contributed by atoms with E-state index < -0.39 is 0 Å². The lowest BCUT2D eigenvalue weighted by atomic mass is 10.2. The summed E-state index contributed by atoms with van der Waals surface area (Å²) in [7, 11) is 3.99. The molecule has 10 heavy (non-hydrogen) atoms. The van der Waals surface area contributed by atoms with Crippen molar-refractivity contribution in [1.29, 1.82) is 0 Å². The molecular weight excluding hydrogens is 122 g/mol. The summed E-state index contributed by atoms with van der Waals surface area (Å²) in [6.45, 7) is 5.57. The van der Waals surface area contributed by atoms with Crippen LogP contribution in [0.2, 0.25) is 0 Å². The van der Waals surface area contributed by atoms with Crippen molar-refractivity contribution in [3.63, 3.8) is 0 Å². The molecule has 0 heterocycles. The molecule has 0 aromatic heterocycles. The topological polar surface area (TPSA) is 3.24 Å². The van der Waals surface area contributed by atoms with Gasteiger partial charge in [-0.25, -0.2) is 0 Å². The molecule has 0 spiro atoms. The molecule has 0 fully saturated rings. The third-order valence-corrected chi connectivity index (χ3v) is 1.39. The van der Waals surface area contributed by atoms with Crippen molar-refractivity contribution in [2.24, 2.45) is 0 Å². The summed E-state index contributed by atoms with van der Waals surface area (Å²) in [5, 5.41) is 0. The predicted molar refractivity (Wildman–Crippen MR) is 44.2 cm³/mol. The Kier molecular flexibility index (Phi) is 1.95. The summed E-state index contributed by atoms with van der Waals surface area (Å²) in [6.07, 6.45) is 0. The van der Waals surface area contributed by atoms with Gasteiger partial charge in [-0.1, -0.05) is 12.1 Å². The van der Waals surface area contributed by atoms with E-state index in [1.54, 1.807) is 0 Å². The molecule has 0 atom stereocenters. The maximum Gasteiger partial charge on any atom is 0.0363 e. The van der Waals surface area contributed by atoms with Crippen molar-refractivity contribution >= 4 is 5.69 Å². The van der Waals surface area contributed by atoms with Crippen LogP contribution in [0.15, 0.2) is 24.3 Å². The van der Waals surface area contributed by atoms with Gasteiger partial charge in [0.25, 0.3) is 0 Å². The standard InChI is InChI=1S/C9H11N/c1-8-5-4-6-9(7-8)10(2)3/h1,4-7H,2-3H3. The summed E-state index contributed by atoms with van der Waals surface area (Å²) in [5.41, 5.74) is 1.95. The van der Waals surface area contributed by atoms with Crippen LogP contribution in [-0.4, -0.2) is 14.1 Å². The Bertz CT molecular complexity index is 216. The van der Waals surface area contributed by atoms with E-state index in [-0.39, 0.29) is 0 Å². The van der Waals surface area contributed by atoms with Gasteiger partial charge in [-0.2, -0.15) is 0 Å². The van der Waals surface area contributed by atoms with Crippen molar-refractivity contribution in [3.05, 3.63) is 36.8 Å². The molecule has 0 bridgehead atoms. The third kappa shape index (κ3) is 1.50. The lowest BCUT2D eigenvalue weighted by Gasteiger charge is -2.11. The van der Waals surface area contributed by atoms with Crippen LogP contribution in [0.4, 0.5) is 5.69 Å². The van der Waals surface area contributed by atoms with Gasteiger partial charge in [0, 0.05) is 19.8 Å². The van der Waals surface area contributed by atoms with E-state index in [1.807, 2.05) is 43.3 Å². The Morgan fingerprint density at radius 3 is 2.40 bits per heavy atom. The minimum Gasteiger partial charge on any atom is -0.378 e. The summed E-state index contributed by atoms with van der Waals surface area (Å²) in [4.78, 5) is 2.02. The number of nitrogens with zero attached hydrogens (tertiary/aromatic N) is 1. The van der Waals surface area contributed by atoms with Gasteiger partial charge in [0.15, 0.2) is 0 Å². The first kappa shape index (κ1) is 7.13. The van der Waals surface area contributed by atoms with E-state index >= 15 is 0 Å². The molecule has 0 amide bonds. The van der Waals surface area contributed by atoms with Crippen LogP contribution in [0, 0.1) is 6.92 Å². The molecule has 0 N–H and O–H groups in total. The Morgan fingerprint density at radius 1 is 1.30 bits per heavy atom. The Balaban J connectivity index is 2.96. The molecule has 0 saturated carbocycles. The summed E-state index contributed by atoms with van der Waals surface area (Å²) in [6, 6.07) is 7.80. The second-order valence-corrected chi connectivity index (χ2v) is 2.49. The zero-order valence-electron chi connectivity index (χ0n) is 6.33. The van der Waals surface area contributed by atoms with Crippen LogP contribution in [0.3, 0.4) is 0 Å². The molecule has 1 aromatic rings. The van der Waals surface area contributed by atoms with Crippen molar-refractivity contribution in [3.8, 4) is 0 Å². The van der Waals surface area contributed by atoms with Crippen LogP contribution >= 0.6 is 0 Å². The Hall–Kier alpha value is -0.980. The number of benzene rings is 1. The van der Waals surface area contributed by atoms with E-state index in [9.17, 15) is 0 Å². The highest BCUT2D eigenvalue weighted by molar-refractivity contribution is 5.47. The lowest BCUT2D eigenvalue weighted by molar-refractivity contribution is 1.13. The summed E-state index contributed by atoms with van der Waals surface area (Å²) >= 11 is 0. The number of rotatable bonds is 1. The normalized spacial score (nSPS) is 9.50. The van der Waals surface area contributed by atoms with Crippen LogP contribution in [0.25, 0.3) is 0 Å². The third-order valence-electron chi connectivity index (χ3n) is 1.39. The molecule has 1 rings (SSSR count). The molecule has 1 aromatic carbocycles. The quantitative estimate of drug-likeness (QED) is 0.564. The van der Waals surface area contributed by atoms with E-state index in [2.05, 4.69) is 0 Å². The molecule has 1 nitrogen and oxygen atoms in total. The van der Waals surface area contributed by atoms with Crippen LogP contribution in [0.1, 0.15) is 5.56 Å². The number of anilines is 1. The second-order valence-electron chi connectivity index (χ2n) is 2.49. The summed E-state index contributed by atoms with van der Waals surface area (Å²) in [5.74, 6) is 0. The molecule has 0 aliphatic carbocycles. The van der Waals surface area contributed by atoms with Gasteiger partial charge in [0.1, 0.15) is 0 Å². The van der Waals surface area contributed by atoms with Crippen LogP contribution < -0.4 is 4.90 Å². The maximum absolute atomic E-state index is 5.57. The van der Waals surface area contributed by atoms with Gasteiger partial charge >= 0.3 is 0 Å². The highest BCUT2D eigenvalue weighted by atomic mass is 15.1. The monoisotopic (exact) mass is 133 g/mol. The molecule has 1 heteroatoms. The fourth-order valence-electron chi connectivity index (χ4n) is 0.803. The molecule has 0 aliphatic heterocycles. The predicted octanol–water partition coefficient (Wildman–Crippen LogP) is 1.81. The Labute approximate surface area is 62.3 Å².